The van der Waals surface area contributed by atoms with Gasteiger partial charge in [-0.25, -0.2) is 0 Å². The summed E-state index contributed by atoms with van der Waals surface area (Å²) in [5, 5.41) is 0. The van der Waals surface area contributed by atoms with Crippen LogP contribution in [0.25, 0.3) is 0 Å². The van der Waals surface area contributed by atoms with Crippen molar-refractivity contribution in [3.05, 3.63) is 0 Å². The van der Waals surface area contributed by atoms with Crippen LogP contribution in [0.1, 0.15) is 117 Å². The maximum Gasteiger partial charge on any atom is 0.323 e. The van der Waals surface area contributed by atoms with Crippen LogP contribution < -0.4 is 11.5 Å². The summed E-state index contributed by atoms with van der Waals surface area (Å²) in [6.45, 7) is 4.89. The van der Waals surface area contributed by atoms with Gasteiger partial charge in [-0.3, -0.25) is 4.79 Å². The normalized spacial score (nSPS) is 13.5. The van der Waals surface area contributed by atoms with Crippen molar-refractivity contribution in [2.24, 2.45) is 11.5 Å². The molecule has 0 radical (unpaired) electrons. The summed E-state index contributed by atoms with van der Waals surface area (Å²) in [6.07, 6.45) is 19.5. The quantitative estimate of drug-likeness (QED) is 0.233. The highest BCUT2D eigenvalue weighted by atomic mass is 16.5. The molecule has 1 unspecified atom stereocenters. The largest absolute Gasteiger partial charge is 0.462 e. The third kappa shape index (κ3) is 16.8. The van der Waals surface area contributed by atoms with Crippen molar-refractivity contribution in [1.82, 2.24) is 0 Å². The van der Waals surface area contributed by atoms with Crippen LogP contribution in [0.4, 0.5) is 0 Å². The highest BCUT2D eigenvalue weighted by Crippen LogP contribution is 2.14. The van der Waals surface area contributed by atoms with Gasteiger partial charge in [-0.1, -0.05) is 84.0 Å². The molecule has 0 aromatic heterocycles. The predicted molar refractivity (Wildman–Crippen MR) is 112 cm³/mol. The zero-order valence-corrected chi connectivity index (χ0v) is 17.6. The molecule has 0 aliphatic rings. The van der Waals surface area contributed by atoms with Gasteiger partial charge in [0.05, 0.1) is 6.10 Å². The molecular weight excluding hydrogens is 324 g/mol. The molecule has 0 aromatic rings. The molecule has 0 aliphatic carbocycles. The summed E-state index contributed by atoms with van der Waals surface area (Å²) in [7, 11) is 0. The molecular formula is C22H46N2O2. The van der Waals surface area contributed by atoms with Gasteiger partial charge in [0, 0.05) is 0 Å². The Kier molecular flexibility index (Phi) is 18.7. The van der Waals surface area contributed by atoms with Crippen molar-refractivity contribution in [1.29, 1.82) is 0 Å². The number of unbranched alkanes of at least 4 members (excludes halogenated alkanes) is 12. The molecule has 4 nitrogen and oxygen atoms in total. The zero-order valence-electron chi connectivity index (χ0n) is 17.6. The molecule has 4 N–H and O–H groups in total. The monoisotopic (exact) mass is 370 g/mol. The maximum atomic E-state index is 11.9. The van der Waals surface area contributed by atoms with Gasteiger partial charge in [-0.2, -0.15) is 0 Å². The SMILES string of the molecule is CCCCCCCCCCCCCCC(C)OC(=O)[C@@H](N)CCCCN. The summed E-state index contributed by atoms with van der Waals surface area (Å²) in [5.41, 5.74) is 11.3. The lowest BCUT2D eigenvalue weighted by Gasteiger charge is -2.16. The number of rotatable bonds is 19. The minimum atomic E-state index is -0.494. The van der Waals surface area contributed by atoms with E-state index in [1.54, 1.807) is 0 Å². The Morgan fingerprint density at radius 3 is 1.73 bits per heavy atom. The van der Waals surface area contributed by atoms with E-state index in [0.717, 1.165) is 25.7 Å². The molecule has 0 rings (SSSR count). The number of ether oxygens (including phenoxy) is 1. The van der Waals surface area contributed by atoms with Gasteiger partial charge in [0.2, 0.25) is 0 Å². The van der Waals surface area contributed by atoms with Crippen molar-refractivity contribution in [2.75, 3.05) is 6.54 Å². The number of hydrogen-bond donors (Lipinski definition) is 2. The Morgan fingerprint density at radius 1 is 0.769 bits per heavy atom. The van der Waals surface area contributed by atoms with Crippen molar-refractivity contribution in [3.63, 3.8) is 0 Å². The lowest BCUT2D eigenvalue weighted by molar-refractivity contribution is -0.150. The number of nitrogens with two attached hydrogens (primary N) is 2. The smallest absolute Gasteiger partial charge is 0.323 e. The third-order valence-corrected chi connectivity index (χ3v) is 5.05. The van der Waals surface area contributed by atoms with E-state index in [9.17, 15) is 4.79 Å². The van der Waals surface area contributed by atoms with E-state index in [4.69, 9.17) is 16.2 Å². The molecule has 0 saturated carbocycles. The first kappa shape index (κ1) is 25.4. The summed E-state index contributed by atoms with van der Waals surface area (Å²) in [4.78, 5) is 11.9. The Morgan fingerprint density at radius 2 is 1.23 bits per heavy atom. The van der Waals surface area contributed by atoms with Gasteiger partial charge in [0.25, 0.3) is 0 Å². The zero-order chi connectivity index (χ0) is 19.5. The summed E-state index contributed by atoms with van der Waals surface area (Å²) < 4.78 is 5.45. The van der Waals surface area contributed by atoms with Gasteiger partial charge in [0.1, 0.15) is 6.04 Å². The molecule has 26 heavy (non-hydrogen) atoms. The van der Waals surface area contributed by atoms with Crippen molar-refractivity contribution >= 4 is 5.97 Å². The second-order valence-electron chi connectivity index (χ2n) is 7.82. The van der Waals surface area contributed by atoms with Crippen LogP contribution in [0.5, 0.6) is 0 Å². The molecule has 2 atom stereocenters. The number of carbonyl (C=O) groups is 1. The van der Waals surface area contributed by atoms with Gasteiger partial charge in [-0.05, 0) is 39.2 Å². The molecule has 0 spiro atoms. The third-order valence-electron chi connectivity index (χ3n) is 5.05. The van der Waals surface area contributed by atoms with Crippen molar-refractivity contribution in [3.8, 4) is 0 Å². The summed E-state index contributed by atoms with van der Waals surface area (Å²) in [6, 6.07) is -0.494. The molecule has 4 heteroatoms. The van der Waals surface area contributed by atoms with E-state index in [0.29, 0.717) is 13.0 Å². The second-order valence-corrected chi connectivity index (χ2v) is 7.82. The Balaban J connectivity index is 3.40. The highest BCUT2D eigenvalue weighted by molar-refractivity contribution is 5.75. The van der Waals surface area contributed by atoms with Crippen molar-refractivity contribution < 1.29 is 9.53 Å². The van der Waals surface area contributed by atoms with E-state index in [1.165, 1.54) is 70.6 Å². The first-order chi connectivity index (χ1) is 12.6. The number of hydrogen-bond acceptors (Lipinski definition) is 4. The lowest BCUT2D eigenvalue weighted by atomic mass is 10.0. The standard InChI is InChI=1S/C22H46N2O2/c1-3-4-5-6-7-8-9-10-11-12-13-14-17-20(2)26-22(25)21(24)18-15-16-19-23/h20-21H,3-19,23-24H2,1-2H3/t20?,21-/m0/s1. The molecule has 0 amide bonds. The van der Waals surface area contributed by atoms with Crippen LogP contribution in [0.15, 0.2) is 0 Å². The van der Waals surface area contributed by atoms with Crippen LogP contribution >= 0.6 is 0 Å². The van der Waals surface area contributed by atoms with E-state index in [-0.39, 0.29) is 12.1 Å². The van der Waals surface area contributed by atoms with E-state index < -0.39 is 6.04 Å². The number of esters is 1. The fourth-order valence-electron chi connectivity index (χ4n) is 3.24. The predicted octanol–water partition coefficient (Wildman–Crippen LogP) is 5.47. The van der Waals surface area contributed by atoms with Crippen LogP contribution in [0, 0.1) is 0 Å². The average molecular weight is 371 g/mol. The first-order valence-electron chi connectivity index (χ1n) is 11.3. The minimum absolute atomic E-state index is 0.0221. The maximum absolute atomic E-state index is 11.9. The first-order valence-corrected chi connectivity index (χ1v) is 11.3. The summed E-state index contributed by atoms with van der Waals surface area (Å²) in [5.74, 6) is -0.256. The average Bonchev–Trinajstić information content (AvgIpc) is 2.62. The fraction of sp³-hybridized carbons (Fsp3) is 0.955. The van der Waals surface area contributed by atoms with E-state index in [1.807, 2.05) is 6.92 Å². The Bertz CT molecular complexity index is 311. The van der Waals surface area contributed by atoms with Gasteiger partial charge in [-0.15, -0.1) is 0 Å². The summed E-state index contributed by atoms with van der Waals surface area (Å²) >= 11 is 0. The van der Waals surface area contributed by atoms with Gasteiger partial charge < -0.3 is 16.2 Å². The molecule has 0 aliphatic heterocycles. The Hall–Kier alpha value is -0.610. The number of carbonyl (C=O) groups excluding carboxylic acids is 1. The van der Waals surface area contributed by atoms with Gasteiger partial charge >= 0.3 is 5.97 Å². The van der Waals surface area contributed by atoms with Crippen LogP contribution in [0.3, 0.4) is 0 Å². The lowest BCUT2D eigenvalue weighted by Crippen LogP contribution is -2.34. The minimum Gasteiger partial charge on any atom is -0.462 e. The molecule has 0 fully saturated rings. The van der Waals surface area contributed by atoms with E-state index >= 15 is 0 Å². The van der Waals surface area contributed by atoms with Crippen LogP contribution in [-0.2, 0) is 9.53 Å². The topological polar surface area (TPSA) is 78.3 Å². The molecule has 0 bridgehead atoms. The van der Waals surface area contributed by atoms with Gasteiger partial charge in [0.15, 0.2) is 0 Å². The highest BCUT2D eigenvalue weighted by Gasteiger charge is 2.17. The van der Waals surface area contributed by atoms with E-state index in [2.05, 4.69) is 6.92 Å². The molecule has 156 valence electrons. The molecule has 0 aromatic carbocycles. The second kappa shape index (κ2) is 19.2. The van der Waals surface area contributed by atoms with Crippen LogP contribution in [-0.4, -0.2) is 24.7 Å². The van der Waals surface area contributed by atoms with Crippen LogP contribution in [0.2, 0.25) is 0 Å². The fourth-order valence-corrected chi connectivity index (χ4v) is 3.24. The molecule has 0 heterocycles. The van der Waals surface area contributed by atoms with Crippen molar-refractivity contribution in [2.45, 2.75) is 129 Å². The molecule has 0 saturated heterocycles. The Labute approximate surface area is 162 Å².